The second-order valence-electron chi connectivity index (χ2n) is 0.799. The van der Waals surface area contributed by atoms with E-state index < -0.39 is 17.0 Å². The molecule has 0 unspecified atom stereocenters. The minimum atomic E-state index is -2.19. The number of hydrogen-bond acceptors (Lipinski definition) is 7. The third-order valence-electron chi connectivity index (χ3n) is 0.167. The Morgan fingerprint density at radius 1 is 1.00 bits per heavy atom. The average Bonchev–Trinajstić information content (AvgIpc) is 1.63. The predicted octanol–water partition coefficient (Wildman–Crippen LogP) is -3.75. The van der Waals surface area contributed by atoms with Crippen molar-refractivity contribution in [3.05, 3.63) is 15.3 Å². The molecule has 0 amide bonds. The van der Waals surface area contributed by atoms with Crippen molar-refractivity contribution in [3.63, 3.8) is 0 Å². The van der Waals surface area contributed by atoms with Crippen LogP contribution in [0.2, 0.25) is 0 Å². The molecular formula is C2LaNO7. The van der Waals surface area contributed by atoms with Gasteiger partial charge in [-0.15, -0.1) is 0 Å². The van der Waals surface area contributed by atoms with Gasteiger partial charge in [-0.25, -0.2) is 0 Å². The van der Waals surface area contributed by atoms with Crippen LogP contribution in [0.3, 0.4) is 0 Å². The molecule has 0 aromatic carbocycles. The van der Waals surface area contributed by atoms with Gasteiger partial charge in [0, 0.05) is 0 Å². The normalized spacial score (nSPS) is 6.18. The van der Waals surface area contributed by atoms with E-state index in [0.717, 1.165) is 0 Å². The maximum absolute atomic E-state index is 8.93. The second kappa shape index (κ2) is 9.33. The fourth-order valence-electron chi connectivity index (χ4n) is 0. The van der Waals surface area contributed by atoms with E-state index in [-0.39, 0.29) is 35.6 Å². The van der Waals surface area contributed by atoms with Crippen LogP contribution in [0.25, 0.3) is 0 Å². The van der Waals surface area contributed by atoms with Gasteiger partial charge in [0.25, 0.3) is 0 Å². The molecule has 58 valence electrons. The van der Waals surface area contributed by atoms with Crippen LogP contribution < -0.4 is 10.2 Å². The molecule has 0 aliphatic rings. The van der Waals surface area contributed by atoms with Gasteiger partial charge in [0.2, 0.25) is 0 Å². The van der Waals surface area contributed by atoms with Gasteiger partial charge >= 0.3 is 35.6 Å². The molecule has 0 N–H and O–H groups in total. The molecule has 8 nitrogen and oxygen atoms in total. The summed E-state index contributed by atoms with van der Waals surface area (Å²) in [6.45, 7) is 0. The minimum absolute atomic E-state index is 0. The van der Waals surface area contributed by atoms with Crippen molar-refractivity contribution in [2.75, 3.05) is 0 Å². The number of aliphatic carboxylic acids is 2. The van der Waals surface area contributed by atoms with E-state index in [2.05, 4.69) is 0 Å². The third kappa shape index (κ3) is 45.2. The summed E-state index contributed by atoms with van der Waals surface area (Å²) < 4.78 is 0. The molecule has 11 heavy (non-hydrogen) atoms. The Morgan fingerprint density at radius 2 is 1.09 bits per heavy atom. The number of carbonyl (C=O) groups is 2. The van der Waals surface area contributed by atoms with Gasteiger partial charge in [0.1, 0.15) is 0 Å². The molecule has 0 radical (unpaired) electrons. The van der Waals surface area contributed by atoms with Crippen LogP contribution in [0.5, 0.6) is 0 Å². The smallest absolute Gasteiger partial charge is 0.543 e. The van der Waals surface area contributed by atoms with Crippen LogP contribution in [-0.4, -0.2) is 17.0 Å². The van der Waals surface area contributed by atoms with Crippen molar-refractivity contribution < 1.29 is 60.5 Å². The number of nitrogens with zero attached hydrogens (tertiary/aromatic N) is 1. The third-order valence-corrected chi connectivity index (χ3v) is 0.167. The summed E-state index contributed by atoms with van der Waals surface area (Å²) in [4.78, 5) is 26.1. The van der Waals surface area contributed by atoms with Crippen molar-refractivity contribution in [1.29, 1.82) is 0 Å². The molecule has 0 atom stereocenters. The Balaban J connectivity index is -0.000000114. The van der Waals surface area contributed by atoms with Gasteiger partial charge in [-0.05, 0) is 0 Å². The van der Waals surface area contributed by atoms with E-state index in [9.17, 15) is 0 Å². The first-order chi connectivity index (χ1) is 4.37. The number of carbonyl (C=O) groups excluding carboxylic acids is 2. The van der Waals surface area contributed by atoms with Crippen LogP contribution in [0.4, 0.5) is 0 Å². The summed E-state index contributed by atoms with van der Waals surface area (Å²) in [5, 5.41) is 32.6. The first-order valence-electron chi connectivity index (χ1n) is 1.61. The van der Waals surface area contributed by atoms with Crippen molar-refractivity contribution in [1.82, 2.24) is 0 Å². The molecule has 0 saturated carbocycles. The van der Waals surface area contributed by atoms with Crippen molar-refractivity contribution in [2.24, 2.45) is 0 Å². The van der Waals surface area contributed by atoms with Crippen LogP contribution in [-0.2, 0) is 9.59 Å². The van der Waals surface area contributed by atoms with Crippen LogP contribution in [0, 0.1) is 50.9 Å². The van der Waals surface area contributed by atoms with Crippen LogP contribution in [0.1, 0.15) is 0 Å². The first kappa shape index (κ1) is 16.7. The predicted molar refractivity (Wildman–Crippen MR) is 20.4 cm³/mol. The molecule has 0 aromatic rings. The Kier molecular flexibility index (Phi) is 14.2. The molecular weight excluding hydrogens is 289 g/mol. The van der Waals surface area contributed by atoms with Crippen molar-refractivity contribution in [2.45, 2.75) is 0 Å². The van der Waals surface area contributed by atoms with E-state index in [1.807, 2.05) is 0 Å². The van der Waals surface area contributed by atoms with Gasteiger partial charge in [-0.3, -0.25) is 0 Å². The zero-order valence-corrected chi connectivity index (χ0v) is 8.51. The molecule has 0 heterocycles. The molecule has 0 fully saturated rings. The molecule has 0 saturated heterocycles. The number of carboxylic acid groups (broad SMARTS) is 2. The Bertz CT molecular complexity index is 139. The fraction of sp³-hybridized carbons (Fsp3) is 0. The van der Waals surface area contributed by atoms with Crippen molar-refractivity contribution >= 4 is 11.9 Å². The Labute approximate surface area is 87.5 Å². The topological polar surface area (TPSA) is 146 Å². The Hall–Kier alpha value is -0.665. The molecule has 0 rings (SSSR count). The summed E-state index contributed by atoms with van der Waals surface area (Å²) >= 11 is 0. The van der Waals surface area contributed by atoms with Crippen molar-refractivity contribution in [3.8, 4) is 0 Å². The fourth-order valence-corrected chi connectivity index (χ4v) is 0. The summed E-state index contributed by atoms with van der Waals surface area (Å²) in [5.41, 5.74) is 0. The molecule has 0 aliphatic heterocycles. The van der Waals surface area contributed by atoms with E-state index in [1.54, 1.807) is 0 Å². The monoisotopic (exact) mass is 289 g/mol. The van der Waals surface area contributed by atoms with Gasteiger partial charge < -0.3 is 35.1 Å². The van der Waals surface area contributed by atoms with E-state index in [1.165, 1.54) is 0 Å². The standard InChI is InChI=1S/C2H2O4.La.NO3/c3-1(4)2(5)6;;2-1(3)4/h(H,3,4)(H,5,6);;/q;+3;-1/p-2. The number of hydrogen-bond donors (Lipinski definition) is 0. The number of carboxylic acids is 2. The van der Waals surface area contributed by atoms with E-state index in [4.69, 9.17) is 35.1 Å². The quantitative estimate of drug-likeness (QED) is 0.253. The molecule has 9 heteroatoms. The molecule has 0 aromatic heterocycles. The molecule has 0 spiro atoms. The van der Waals surface area contributed by atoms with E-state index >= 15 is 0 Å². The zero-order valence-electron chi connectivity index (χ0n) is 4.88. The summed E-state index contributed by atoms with van der Waals surface area (Å²) in [6, 6.07) is 0. The van der Waals surface area contributed by atoms with Gasteiger partial charge in [-0.2, -0.15) is 0 Å². The largest absolute Gasteiger partial charge is 3.00 e. The maximum Gasteiger partial charge on any atom is 3.00 e. The summed E-state index contributed by atoms with van der Waals surface area (Å²) in [7, 11) is 0. The van der Waals surface area contributed by atoms with Gasteiger partial charge in [0.15, 0.2) is 0 Å². The van der Waals surface area contributed by atoms with Crippen LogP contribution in [0.15, 0.2) is 0 Å². The summed E-state index contributed by atoms with van der Waals surface area (Å²) in [6.07, 6.45) is 0. The SMILES string of the molecule is O=C([O-])C(=O)[O-].O=[N+]([O-])[O-].[La+3]. The molecule has 0 aliphatic carbocycles. The minimum Gasteiger partial charge on any atom is -0.543 e. The molecule has 0 bridgehead atoms. The first-order valence-corrected chi connectivity index (χ1v) is 1.61. The van der Waals surface area contributed by atoms with Gasteiger partial charge in [-0.1, -0.05) is 0 Å². The maximum atomic E-state index is 8.93. The average molecular weight is 289 g/mol. The summed E-state index contributed by atoms with van der Waals surface area (Å²) in [5.74, 6) is -4.37. The number of rotatable bonds is 0. The zero-order chi connectivity index (χ0) is 8.73. The van der Waals surface area contributed by atoms with E-state index in [0.29, 0.717) is 0 Å². The van der Waals surface area contributed by atoms with Gasteiger partial charge in [0.05, 0.1) is 17.0 Å². The van der Waals surface area contributed by atoms with Crippen LogP contribution >= 0.6 is 0 Å². The Morgan fingerprint density at radius 3 is 1.09 bits per heavy atom. The second-order valence-corrected chi connectivity index (χ2v) is 0.799.